The molecule has 0 radical (unpaired) electrons. The number of likely N-dealkylation sites (tertiary alicyclic amines) is 1. The van der Waals surface area contributed by atoms with E-state index in [4.69, 9.17) is 0 Å². The topological polar surface area (TPSA) is 79.0 Å². The molecule has 2 aromatic carbocycles. The summed E-state index contributed by atoms with van der Waals surface area (Å²) in [5.41, 5.74) is 1.28. The summed E-state index contributed by atoms with van der Waals surface area (Å²) in [6.45, 7) is 1.29. The summed E-state index contributed by atoms with van der Waals surface area (Å²) in [4.78, 5) is 40.4. The Balaban J connectivity index is 1.38. The number of para-hydroxylation sites is 1. The number of amides is 2. The second-order valence-corrected chi connectivity index (χ2v) is 7.76. The van der Waals surface area contributed by atoms with Crippen molar-refractivity contribution in [2.75, 3.05) is 30.4 Å². The van der Waals surface area contributed by atoms with Gasteiger partial charge >= 0.3 is 5.97 Å². The molecule has 1 atom stereocenters. The van der Waals surface area contributed by atoms with Gasteiger partial charge in [-0.1, -0.05) is 12.1 Å². The van der Waals surface area contributed by atoms with E-state index in [2.05, 4.69) is 10.1 Å². The van der Waals surface area contributed by atoms with Crippen LogP contribution in [0.2, 0.25) is 0 Å². The molecule has 4 rings (SSSR count). The van der Waals surface area contributed by atoms with Crippen LogP contribution in [0.1, 0.15) is 29.6 Å². The van der Waals surface area contributed by atoms with Crippen LogP contribution in [0.4, 0.5) is 15.8 Å². The molecular weight excluding hydrogens is 401 g/mol. The fraction of sp³-hybridized carbons (Fsp3) is 0.348. The van der Waals surface area contributed by atoms with Crippen molar-refractivity contribution in [3.8, 4) is 0 Å². The van der Waals surface area contributed by atoms with E-state index >= 15 is 0 Å². The number of nitrogens with zero attached hydrogens (tertiary/aromatic N) is 2. The van der Waals surface area contributed by atoms with Gasteiger partial charge in [-0.2, -0.15) is 0 Å². The molecule has 8 heteroatoms. The van der Waals surface area contributed by atoms with Crippen molar-refractivity contribution in [1.29, 1.82) is 0 Å². The number of imide groups is 1. The maximum atomic E-state index is 13.9. The average Bonchev–Trinajstić information content (AvgIpc) is 3.09. The van der Waals surface area contributed by atoms with Crippen molar-refractivity contribution in [3.63, 3.8) is 0 Å². The van der Waals surface area contributed by atoms with Crippen molar-refractivity contribution < 1.29 is 23.5 Å². The number of benzene rings is 2. The lowest BCUT2D eigenvalue weighted by molar-refractivity contribution is -0.123. The van der Waals surface area contributed by atoms with Crippen LogP contribution in [0.25, 0.3) is 0 Å². The normalized spacial score (nSPS) is 20.2. The Kier molecular flexibility index (Phi) is 5.99. The molecule has 2 aliphatic rings. The van der Waals surface area contributed by atoms with Crippen molar-refractivity contribution >= 4 is 29.2 Å². The Labute approximate surface area is 179 Å². The van der Waals surface area contributed by atoms with Gasteiger partial charge in [0.2, 0.25) is 5.91 Å². The highest BCUT2D eigenvalue weighted by Gasteiger charge is 2.43. The van der Waals surface area contributed by atoms with Crippen LogP contribution in [-0.4, -0.2) is 55.0 Å². The number of ether oxygens (including phenoxy) is 1. The number of esters is 1. The third kappa shape index (κ3) is 4.29. The highest BCUT2D eigenvalue weighted by atomic mass is 19.1. The second-order valence-electron chi connectivity index (χ2n) is 7.76. The van der Waals surface area contributed by atoms with Gasteiger partial charge in [-0.25, -0.2) is 14.1 Å². The lowest BCUT2D eigenvalue weighted by atomic mass is 10.0. The van der Waals surface area contributed by atoms with Gasteiger partial charge < -0.3 is 10.1 Å². The van der Waals surface area contributed by atoms with Crippen molar-refractivity contribution in [2.24, 2.45) is 0 Å². The largest absolute Gasteiger partial charge is 0.465 e. The maximum Gasteiger partial charge on any atom is 0.337 e. The first-order valence-electron chi connectivity index (χ1n) is 10.3. The Bertz CT molecular complexity index is 987. The average molecular weight is 425 g/mol. The van der Waals surface area contributed by atoms with Crippen LogP contribution in [0.3, 0.4) is 0 Å². The number of hydrogen-bond acceptors (Lipinski definition) is 6. The quantitative estimate of drug-likeness (QED) is 0.586. The van der Waals surface area contributed by atoms with Crippen LogP contribution >= 0.6 is 0 Å². The molecule has 1 N–H and O–H groups in total. The number of anilines is 2. The van der Waals surface area contributed by atoms with Crippen molar-refractivity contribution in [2.45, 2.75) is 31.3 Å². The minimum absolute atomic E-state index is 0.113. The predicted octanol–water partition coefficient (Wildman–Crippen LogP) is 2.82. The lowest BCUT2D eigenvalue weighted by Crippen LogP contribution is -2.48. The highest BCUT2D eigenvalue weighted by molar-refractivity contribution is 6.22. The Morgan fingerprint density at radius 2 is 1.74 bits per heavy atom. The van der Waals surface area contributed by atoms with E-state index in [1.54, 1.807) is 30.3 Å². The third-order valence-corrected chi connectivity index (χ3v) is 5.87. The molecule has 0 spiro atoms. The Morgan fingerprint density at radius 1 is 1.06 bits per heavy atom. The molecule has 31 heavy (non-hydrogen) atoms. The molecule has 2 amide bonds. The Morgan fingerprint density at radius 3 is 2.39 bits per heavy atom. The fourth-order valence-electron chi connectivity index (χ4n) is 4.19. The summed E-state index contributed by atoms with van der Waals surface area (Å²) in [6.07, 6.45) is 1.63. The molecule has 2 aliphatic heterocycles. The van der Waals surface area contributed by atoms with E-state index in [1.165, 1.54) is 30.2 Å². The zero-order valence-corrected chi connectivity index (χ0v) is 17.2. The van der Waals surface area contributed by atoms with Crippen LogP contribution in [0, 0.1) is 5.82 Å². The van der Waals surface area contributed by atoms with E-state index in [1.807, 2.05) is 4.90 Å². The van der Waals surface area contributed by atoms with Gasteiger partial charge in [0.1, 0.15) is 5.82 Å². The number of rotatable bonds is 5. The SMILES string of the molecule is COC(=O)c1ccc(N2C(=O)CC(N3CCC(Nc4ccccc4F)CC3)C2=O)cc1. The summed E-state index contributed by atoms with van der Waals surface area (Å²) in [6, 6.07) is 12.4. The zero-order valence-electron chi connectivity index (χ0n) is 17.2. The van der Waals surface area contributed by atoms with E-state index < -0.39 is 12.0 Å². The number of carbonyl (C=O) groups excluding carboxylic acids is 3. The molecule has 0 bridgehead atoms. The molecule has 0 aromatic heterocycles. The van der Waals surface area contributed by atoms with Gasteiger partial charge in [0.25, 0.3) is 5.91 Å². The van der Waals surface area contributed by atoms with Gasteiger partial charge in [0, 0.05) is 19.1 Å². The number of piperidine rings is 1. The summed E-state index contributed by atoms with van der Waals surface area (Å²) >= 11 is 0. The molecule has 1 unspecified atom stereocenters. The summed E-state index contributed by atoms with van der Waals surface area (Å²) in [7, 11) is 1.30. The van der Waals surface area contributed by atoms with Gasteiger partial charge in [0.05, 0.1) is 36.5 Å². The molecule has 162 valence electrons. The monoisotopic (exact) mass is 425 g/mol. The highest BCUT2D eigenvalue weighted by Crippen LogP contribution is 2.28. The van der Waals surface area contributed by atoms with E-state index in [0.717, 1.165) is 12.8 Å². The van der Waals surface area contributed by atoms with Crippen molar-refractivity contribution in [1.82, 2.24) is 4.90 Å². The van der Waals surface area contributed by atoms with Crippen LogP contribution in [0.5, 0.6) is 0 Å². The third-order valence-electron chi connectivity index (χ3n) is 5.87. The number of methoxy groups -OCH3 is 1. The van der Waals surface area contributed by atoms with Crippen LogP contribution in [0.15, 0.2) is 48.5 Å². The Hall–Kier alpha value is -3.26. The molecule has 2 heterocycles. The molecule has 0 aliphatic carbocycles. The number of hydrogen-bond donors (Lipinski definition) is 1. The number of halogens is 1. The summed E-state index contributed by atoms with van der Waals surface area (Å²) in [5, 5.41) is 3.23. The van der Waals surface area contributed by atoms with Crippen LogP contribution < -0.4 is 10.2 Å². The molecule has 0 saturated carbocycles. The first-order chi connectivity index (χ1) is 15.0. The molecule has 7 nitrogen and oxygen atoms in total. The van der Waals surface area contributed by atoms with Crippen molar-refractivity contribution in [3.05, 3.63) is 59.9 Å². The molecule has 2 fully saturated rings. The lowest BCUT2D eigenvalue weighted by Gasteiger charge is -2.35. The second kappa shape index (κ2) is 8.85. The first-order valence-corrected chi connectivity index (χ1v) is 10.3. The van der Waals surface area contributed by atoms with E-state index in [9.17, 15) is 18.8 Å². The zero-order chi connectivity index (χ0) is 22.0. The van der Waals surface area contributed by atoms with Crippen LogP contribution in [-0.2, 0) is 14.3 Å². The van der Waals surface area contributed by atoms with Gasteiger partial charge in [-0.15, -0.1) is 0 Å². The van der Waals surface area contributed by atoms with E-state index in [0.29, 0.717) is 30.0 Å². The summed E-state index contributed by atoms with van der Waals surface area (Å²) < 4.78 is 18.5. The smallest absolute Gasteiger partial charge is 0.337 e. The minimum Gasteiger partial charge on any atom is -0.465 e. The number of carbonyl (C=O) groups is 3. The molecular formula is C23H24FN3O4. The van der Waals surface area contributed by atoms with Gasteiger partial charge in [0.15, 0.2) is 0 Å². The standard InChI is InChI=1S/C23H24FN3O4/c1-31-23(30)15-6-8-17(9-7-15)27-21(28)14-20(22(27)29)26-12-10-16(11-13-26)25-19-5-3-2-4-18(19)24/h2-9,16,20,25H,10-14H2,1H3. The predicted molar refractivity (Wildman–Crippen MR) is 113 cm³/mol. The maximum absolute atomic E-state index is 13.9. The van der Waals surface area contributed by atoms with E-state index in [-0.39, 0.29) is 30.1 Å². The minimum atomic E-state index is -0.498. The number of nitrogens with one attached hydrogen (secondary N) is 1. The molecule has 2 aromatic rings. The molecule has 2 saturated heterocycles. The summed E-state index contributed by atoms with van der Waals surface area (Å²) in [5.74, 6) is -1.27. The van der Waals surface area contributed by atoms with Gasteiger partial charge in [-0.3, -0.25) is 14.5 Å². The van der Waals surface area contributed by atoms with Gasteiger partial charge in [-0.05, 0) is 49.2 Å². The first kappa shape index (κ1) is 21.0. The fourth-order valence-corrected chi connectivity index (χ4v) is 4.19.